The van der Waals surface area contributed by atoms with Crippen LogP contribution in [0.5, 0.6) is 0 Å². The maximum absolute atomic E-state index is 12.6. The SMILES string of the molecule is O=S(=O)(C1CC1)N1CCOC[C@@]2(CCN(Cc3cccs3)C2)C1. The van der Waals surface area contributed by atoms with Gasteiger partial charge in [0.25, 0.3) is 0 Å². The van der Waals surface area contributed by atoms with Gasteiger partial charge in [-0.05, 0) is 37.3 Å². The molecule has 5 nitrogen and oxygen atoms in total. The monoisotopic (exact) mass is 356 g/mol. The molecule has 2 saturated heterocycles. The Morgan fingerprint density at radius 2 is 2.17 bits per heavy atom. The number of rotatable bonds is 4. The normalized spacial score (nSPS) is 30.8. The third kappa shape index (κ3) is 3.35. The van der Waals surface area contributed by atoms with Crippen LogP contribution < -0.4 is 0 Å². The molecule has 4 rings (SSSR count). The molecule has 0 N–H and O–H groups in total. The van der Waals surface area contributed by atoms with Crippen molar-refractivity contribution < 1.29 is 13.2 Å². The summed E-state index contributed by atoms with van der Waals surface area (Å²) in [4.78, 5) is 3.82. The van der Waals surface area contributed by atoms with E-state index < -0.39 is 10.0 Å². The van der Waals surface area contributed by atoms with Gasteiger partial charge in [0.15, 0.2) is 0 Å². The van der Waals surface area contributed by atoms with Crippen molar-refractivity contribution in [3.05, 3.63) is 22.4 Å². The van der Waals surface area contributed by atoms with E-state index in [0.717, 1.165) is 38.9 Å². The van der Waals surface area contributed by atoms with E-state index in [1.165, 1.54) is 4.88 Å². The Balaban J connectivity index is 1.46. The van der Waals surface area contributed by atoms with Crippen molar-refractivity contribution in [2.75, 3.05) is 39.4 Å². The molecule has 0 bridgehead atoms. The van der Waals surface area contributed by atoms with Gasteiger partial charge in [0, 0.05) is 36.5 Å². The number of ether oxygens (including phenoxy) is 1. The molecule has 0 aromatic carbocycles. The first-order chi connectivity index (χ1) is 11.1. The van der Waals surface area contributed by atoms with Crippen LogP contribution in [-0.4, -0.2) is 62.3 Å². The van der Waals surface area contributed by atoms with Crippen LogP contribution in [-0.2, 0) is 21.3 Å². The highest BCUT2D eigenvalue weighted by molar-refractivity contribution is 7.90. The summed E-state index contributed by atoms with van der Waals surface area (Å²) in [7, 11) is -3.11. The van der Waals surface area contributed by atoms with Gasteiger partial charge in [-0.25, -0.2) is 8.42 Å². The summed E-state index contributed by atoms with van der Waals surface area (Å²) in [6.45, 7) is 5.29. The molecular weight excluding hydrogens is 332 g/mol. The Morgan fingerprint density at radius 3 is 2.91 bits per heavy atom. The molecule has 1 aromatic rings. The van der Waals surface area contributed by atoms with Gasteiger partial charge in [-0.15, -0.1) is 11.3 Å². The molecule has 7 heteroatoms. The average Bonchev–Trinajstić information content (AvgIpc) is 3.20. The summed E-state index contributed by atoms with van der Waals surface area (Å²) in [6.07, 6.45) is 2.68. The number of hydrogen-bond acceptors (Lipinski definition) is 5. The van der Waals surface area contributed by atoms with Gasteiger partial charge in [0.1, 0.15) is 0 Å². The van der Waals surface area contributed by atoms with Gasteiger partial charge in [-0.1, -0.05) is 6.07 Å². The third-order valence-electron chi connectivity index (χ3n) is 5.19. The van der Waals surface area contributed by atoms with E-state index in [9.17, 15) is 8.42 Å². The van der Waals surface area contributed by atoms with Crippen LogP contribution >= 0.6 is 11.3 Å². The molecule has 0 unspecified atom stereocenters. The number of likely N-dealkylation sites (tertiary alicyclic amines) is 1. The van der Waals surface area contributed by atoms with Crippen molar-refractivity contribution in [3.63, 3.8) is 0 Å². The maximum atomic E-state index is 12.6. The molecule has 128 valence electrons. The van der Waals surface area contributed by atoms with Gasteiger partial charge in [0.2, 0.25) is 10.0 Å². The maximum Gasteiger partial charge on any atom is 0.217 e. The molecule has 1 atom stereocenters. The largest absolute Gasteiger partial charge is 0.379 e. The quantitative estimate of drug-likeness (QED) is 0.825. The molecule has 1 aliphatic carbocycles. The van der Waals surface area contributed by atoms with E-state index in [1.54, 1.807) is 15.6 Å². The van der Waals surface area contributed by atoms with Crippen LogP contribution in [0.15, 0.2) is 17.5 Å². The second kappa shape index (κ2) is 6.11. The molecule has 0 radical (unpaired) electrons. The molecule has 2 aliphatic heterocycles. The number of thiophene rings is 1. The topological polar surface area (TPSA) is 49.9 Å². The fourth-order valence-electron chi connectivity index (χ4n) is 3.78. The predicted octanol–water partition coefficient (Wildman–Crippen LogP) is 1.76. The zero-order chi connectivity index (χ0) is 15.9. The first-order valence-electron chi connectivity index (χ1n) is 8.39. The Morgan fingerprint density at radius 1 is 1.30 bits per heavy atom. The van der Waals surface area contributed by atoms with Gasteiger partial charge < -0.3 is 4.74 Å². The number of hydrogen-bond donors (Lipinski definition) is 0. The van der Waals surface area contributed by atoms with E-state index in [4.69, 9.17) is 4.74 Å². The summed E-state index contributed by atoms with van der Waals surface area (Å²) in [5, 5.41) is 1.99. The Kier molecular flexibility index (Phi) is 4.26. The van der Waals surface area contributed by atoms with Gasteiger partial charge in [-0.2, -0.15) is 4.31 Å². The zero-order valence-corrected chi connectivity index (χ0v) is 14.9. The van der Waals surface area contributed by atoms with Crippen molar-refractivity contribution in [2.24, 2.45) is 5.41 Å². The van der Waals surface area contributed by atoms with Gasteiger partial charge >= 0.3 is 0 Å². The minimum absolute atomic E-state index is 0.0320. The molecular formula is C16H24N2O3S2. The lowest BCUT2D eigenvalue weighted by Crippen LogP contribution is -2.44. The van der Waals surface area contributed by atoms with Crippen molar-refractivity contribution in [1.29, 1.82) is 0 Å². The van der Waals surface area contributed by atoms with Gasteiger partial charge in [0.05, 0.1) is 18.5 Å². The molecule has 3 aliphatic rings. The Hall–Kier alpha value is -0.470. The lowest BCUT2D eigenvalue weighted by Gasteiger charge is -2.31. The molecule has 1 aromatic heterocycles. The summed E-state index contributed by atoms with van der Waals surface area (Å²) in [5.41, 5.74) is -0.0320. The van der Waals surface area contributed by atoms with Crippen molar-refractivity contribution in [1.82, 2.24) is 9.21 Å². The molecule has 3 fully saturated rings. The zero-order valence-electron chi connectivity index (χ0n) is 13.3. The minimum atomic E-state index is -3.11. The van der Waals surface area contributed by atoms with Crippen LogP contribution in [0, 0.1) is 5.41 Å². The molecule has 3 heterocycles. The van der Waals surface area contributed by atoms with Crippen molar-refractivity contribution >= 4 is 21.4 Å². The smallest absolute Gasteiger partial charge is 0.217 e. The standard InChI is InChI=1S/C16H24N2O3S2/c19-23(20,15-3-4-15)18-7-8-21-13-16(12-18)5-6-17(11-16)10-14-2-1-9-22-14/h1-2,9,15H,3-8,10-13H2/t16-/m1/s1. The first kappa shape index (κ1) is 16.0. The summed E-state index contributed by atoms with van der Waals surface area (Å²) >= 11 is 1.79. The Bertz CT molecular complexity index is 642. The molecule has 0 amide bonds. The van der Waals surface area contributed by atoms with Crippen LogP contribution in [0.25, 0.3) is 0 Å². The fraction of sp³-hybridized carbons (Fsp3) is 0.750. The average molecular weight is 357 g/mol. The summed E-state index contributed by atoms with van der Waals surface area (Å²) in [6, 6.07) is 4.26. The fourth-order valence-corrected chi connectivity index (χ4v) is 6.46. The number of nitrogens with zero attached hydrogens (tertiary/aromatic N) is 2. The van der Waals surface area contributed by atoms with Crippen molar-refractivity contribution in [2.45, 2.75) is 31.1 Å². The first-order valence-corrected chi connectivity index (χ1v) is 10.8. The van der Waals surface area contributed by atoms with Crippen molar-refractivity contribution in [3.8, 4) is 0 Å². The molecule has 1 spiro atoms. The third-order valence-corrected chi connectivity index (χ3v) is 8.39. The lowest BCUT2D eigenvalue weighted by atomic mass is 9.88. The second-order valence-corrected chi connectivity index (χ2v) is 10.4. The van der Waals surface area contributed by atoms with Crippen LogP contribution in [0.1, 0.15) is 24.1 Å². The highest BCUT2D eigenvalue weighted by atomic mass is 32.2. The highest BCUT2D eigenvalue weighted by Gasteiger charge is 2.47. The van der Waals surface area contributed by atoms with Crippen LogP contribution in [0.2, 0.25) is 0 Å². The highest BCUT2D eigenvalue weighted by Crippen LogP contribution is 2.38. The van der Waals surface area contributed by atoms with E-state index >= 15 is 0 Å². The van der Waals surface area contributed by atoms with Crippen LogP contribution in [0.4, 0.5) is 0 Å². The van der Waals surface area contributed by atoms with E-state index in [-0.39, 0.29) is 10.7 Å². The lowest BCUT2D eigenvalue weighted by molar-refractivity contribution is 0.0722. The van der Waals surface area contributed by atoms with E-state index in [0.29, 0.717) is 26.3 Å². The molecule has 23 heavy (non-hydrogen) atoms. The minimum Gasteiger partial charge on any atom is -0.379 e. The Labute approximate surface area is 142 Å². The van der Waals surface area contributed by atoms with Gasteiger partial charge in [-0.3, -0.25) is 4.90 Å². The molecule has 1 saturated carbocycles. The number of sulfonamides is 1. The predicted molar refractivity (Wildman–Crippen MR) is 91.0 cm³/mol. The summed E-state index contributed by atoms with van der Waals surface area (Å²) in [5.74, 6) is 0. The van der Waals surface area contributed by atoms with E-state index in [1.807, 2.05) is 0 Å². The summed E-state index contributed by atoms with van der Waals surface area (Å²) < 4.78 is 32.8. The van der Waals surface area contributed by atoms with E-state index in [2.05, 4.69) is 22.4 Å². The van der Waals surface area contributed by atoms with Crippen LogP contribution in [0.3, 0.4) is 0 Å². The second-order valence-electron chi connectivity index (χ2n) is 7.17.